The molecule has 0 aliphatic heterocycles. The van der Waals surface area contributed by atoms with E-state index in [4.69, 9.17) is 0 Å². The predicted molar refractivity (Wildman–Crippen MR) is 73.9 cm³/mol. The standard InChI is InChI=1S/C16H10F3NO/c17-16(18,19)21-14-6-3-11(4-7-14)12-5-8-15-13(10-12)2-1-9-20-15/h1-10H. The van der Waals surface area contributed by atoms with Crippen LogP contribution in [0.2, 0.25) is 0 Å². The summed E-state index contributed by atoms with van der Waals surface area (Å²) in [4.78, 5) is 4.23. The van der Waals surface area contributed by atoms with E-state index < -0.39 is 6.36 Å². The second-order valence-corrected chi connectivity index (χ2v) is 4.48. The van der Waals surface area contributed by atoms with Crippen LogP contribution in [0.15, 0.2) is 60.8 Å². The van der Waals surface area contributed by atoms with Gasteiger partial charge in [-0.1, -0.05) is 24.3 Å². The Labute approximate surface area is 118 Å². The average molecular weight is 289 g/mol. The Bertz CT molecular complexity index is 766. The van der Waals surface area contributed by atoms with E-state index >= 15 is 0 Å². The van der Waals surface area contributed by atoms with Crippen LogP contribution in [-0.4, -0.2) is 11.3 Å². The van der Waals surface area contributed by atoms with Crippen molar-refractivity contribution >= 4 is 10.9 Å². The van der Waals surface area contributed by atoms with Crippen molar-refractivity contribution in [3.05, 3.63) is 60.8 Å². The summed E-state index contributed by atoms with van der Waals surface area (Å²) in [7, 11) is 0. The number of benzene rings is 2. The number of nitrogens with zero attached hydrogens (tertiary/aromatic N) is 1. The van der Waals surface area contributed by atoms with Gasteiger partial charge in [0.05, 0.1) is 5.52 Å². The normalized spacial score (nSPS) is 11.6. The summed E-state index contributed by atoms with van der Waals surface area (Å²) in [5.74, 6) is -0.228. The molecule has 0 saturated heterocycles. The van der Waals surface area contributed by atoms with Gasteiger partial charge in [-0.3, -0.25) is 4.98 Å². The fourth-order valence-corrected chi connectivity index (χ4v) is 2.10. The number of halogens is 3. The van der Waals surface area contributed by atoms with Crippen LogP contribution in [0.3, 0.4) is 0 Å². The molecule has 2 nitrogen and oxygen atoms in total. The second kappa shape index (κ2) is 5.09. The number of rotatable bonds is 2. The quantitative estimate of drug-likeness (QED) is 0.676. The van der Waals surface area contributed by atoms with Gasteiger partial charge in [-0.2, -0.15) is 0 Å². The van der Waals surface area contributed by atoms with Crippen molar-refractivity contribution in [2.75, 3.05) is 0 Å². The maximum atomic E-state index is 12.1. The van der Waals surface area contributed by atoms with Crippen molar-refractivity contribution in [1.29, 1.82) is 0 Å². The number of ether oxygens (including phenoxy) is 1. The van der Waals surface area contributed by atoms with Gasteiger partial charge in [0.15, 0.2) is 0 Å². The number of aromatic nitrogens is 1. The number of fused-ring (bicyclic) bond motifs is 1. The molecule has 0 saturated carbocycles. The predicted octanol–water partition coefficient (Wildman–Crippen LogP) is 4.80. The van der Waals surface area contributed by atoms with Gasteiger partial charge in [-0.15, -0.1) is 13.2 Å². The van der Waals surface area contributed by atoms with Gasteiger partial charge < -0.3 is 4.74 Å². The summed E-state index contributed by atoms with van der Waals surface area (Å²) < 4.78 is 40.2. The van der Waals surface area contributed by atoms with Crippen LogP contribution in [-0.2, 0) is 0 Å². The topological polar surface area (TPSA) is 22.1 Å². The van der Waals surface area contributed by atoms with Gasteiger partial charge >= 0.3 is 6.36 Å². The van der Waals surface area contributed by atoms with E-state index in [1.54, 1.807) is 18.3 Å². The zero-order valence-corrected chi connectivity index (χ0v) is 10.8. The Morgan fingerprint density at radius 1 is 0.857 bits per heavy atom. The molecular formula is C16H10F3NO. The van der Waals surface area contributed by atoms with Gasteiger partial charge in [-0.25, -0.2) is 0 Å². The Morgan fingerprint density at radius 3 is 2.29 bits per heavy atom. The lowest BCUT2D eigenvalue weighted by Gasteiger charge is -2.09. The highest BCUT2D eigenvalue weighted by Crippen LogP contribution is 2.27. The summed E-state index contributed by atoms with van der Waals surface area (Å²) in [6.45, 7) is 0. The molecule has 0 aliphatic rings. The van der Waals surface area contributed by atoms with E-state index in [1.807, 2.05) is 30.3 Å². The highest BCUT2D eigenvalue weighted by atomic mass is 19.4. The molecular weight excluding hydrogens is 279 g/mol. The van der Waals surface area contributed by atoms with Crippen molar-refractivity contribution in [3.8, 4) is 16.9 Å². The SMILES string of the molecule is FC(F)(F)Oc1ccc(-c2ccc3ncccc3c2)cc1. The lowest BCUT2D eigenvalue weighted by atomic mass is 10.0. The van der Waals surface area contributed by atoms with Gasteiger partial charge in [0.25, 0.3) is 0 Å². The van der Waals surface area contributed by atoms with Crippen LogP contribution >= 0.6 is 0 Å². The van der Waals surface area contributed by atoms with Crippen molar-refractivity contribution < 1.29 is 17.9 Å². The Balaban J connectivity index is 1.91. The third-order valence-electron chi connectivity index (χ3n) is 3.02. The fourth-order valence-electron chi connectivity index (χ4n) is 2.10. The second-order valence-electron chi connectivity index (χ2n) is 4.48. The largest absolute Gasteiger partial charge is 0.573 e. The first kappa shape index (κ1) is 13.4. The first-order valence-electron chi connectivity index (χ1n) is 6.22. The zero-order valence-electron chi connectivity index (χ0n) is 10.8. The van der Waals surface area contributed by atoms with Crippen molar-refractivity contribution in [3.63, 3.8) is 0 Å². The summed E-state index contributed by atoms with van der Waals surface area (Å²) >= 11 is 0. The Kier molecular flexibility index (Phi) is 3.25. The van der Waals surface area contributed by atoms with E-state index in [0.717, 1.165) is 22.0 Å². The molecule has 0 radical (unpaired) electrons. The molecule has 0 fully saturated rings. The van der Waals surface area contributed by atoms with Gasteiger partial charge in [0.1, 0.15) is 5.75 Å². The molecule has 2 aromatic carbocycles. The average Bonchev–Trinajstić information content (AvgIpc) is 2.46. The molecule has 1 aromatic heterocycles. The van der Waals surface area contributed by atoms with Gasteiger partial charge in [0, 0.05) is 11.6 Å². The van der Waals surface area contributed by atoms with Gasteiger partial charge in [0.2, 0.25) is 0 Å². The minimum absolute atomic E-state index is 0.228. The lowest BCUT2D eigenvalue weighted by Crippen LogP contribution is -2.16. The number of hydrogen-bond donors (Lipinski definition) is 0. The molecule has 3 aromatic rings. The van der Waals surface area contributed by atoms with Crippen LogP contribution in [0.5, 0.6) is 5.75 Å². The molecule has 0 amide bonds. The minimum Gasteiger partial charge on any atom is -0.406 e. The molecule has 5 heteroatoms. The molecule has 0 aliphatic carbocycles. The zero-order chi connectivity index (χ0) is 14.9. The smallest absolute Gasteiger partial charge is 0.406 e. The summed E-state index contributed by atoms with van der Waals surface area (Å²) in [5.41, 5.74) is 2.60. The van der Waals surface area contributed by atoms with E-state index in [0.29, 0.717) is 0 Å². The van der Waals surface area contributed by atoms with Crippen molar-refractivity contribution in [2.45, 2.75) is 6.36 Å². The minimum atomic E-state index is -4.67. The first-order valence-corrected chi connectivity index (χ1v) is 6.22. The van der Waals surface area contributed by atoms with E-state index in [2.05, 4.69) is 9.72 Å². The number of pyridine rings is 1. The van der Waals surface area contributed by atoms with Crippen LogP contribution in [0, 0.1) is 0 Å². The molecule has 0 unspecified atom stereocenters. The van der Waals surface area contributed by atoms with E-state index in [9.17, 15) is 13.2 Å². The van der Waals surface area contributed by atoms with Crippen LogP contribution in [0.1, 0.15) is 0 Å². The third-order valence-corrected chi connectivity index (χ3v) is 3.02. The molecule has 3 rings (SSSR count). The highest BCUT2D eigenvalue weighted by Gasteiger charge is 2.30. The van der Waals surface area contributed by atoms with Gasteiger partial charge in [-0.05, 0) is 41.5 Å². The van der Waals surface area contributed by atoms with E-state index in [-0.39, 0.29) is 5.75 Å². The van der Waals surface area contributed by atoms with Crippen LogP contribution in [0.4, 0.5) is 13.2 Å². The number of hydrogen-bond acceptors (Lipinski definition) is 2. The maximum absolute atomic E-state index is 12.1. The molecule has 0 N–H and O–H groups in total. The molecule has 0 spiro atoms. The Hall–Kier alpha value is -2.56. The highest BCUT2D eigenvalue weighted by molar-refractivity contribution is 5.84. The maximum Gasteiger partial charge on any atom is 0.573 e. The lowest BCUT2D eigenvalue weighted by molar-refractivity contribution is -0.274. The summed E-state index contributed by atoms with van der Waals surface area (Å²) in [6.07, 6.45) is -2.96. The third kappa shape index (κ3) is 3.13. The molecule has 1 heterocycles. The monoisotopic (exact) mass is 289 g/mol. The summed E-state index contributed by atoms with van der Waals surface area (Å²) in [5, 5.41) is 0.977. The number of alkyl halides is 3. The Morgan fingerprint density at radius 2 is 1.57 bits per heavy atom. The molecule has 21 heavy (non-hydrogen) atoms. The van der Waals surface area contributed by atoms with Crippen molar-refractivity contribution in [1.82, 2.24) is 4.98 Å². The molecule has 0 bridgehead atoms. The van der Waals surface area contributed by atoms with Crippen LogP contribution in [0.25, 0.3) is 22.0 Å². The fraction of sp³-hybridized carbons (Fsp3) is 0.0625. The summed E-state index contributed by atoms with van der Waals surface area (Å²) in [6, 6.07) is 15.3. The molecule has 0 atom stereocenters. The van der Waals surface area contributed by atoms with Crippen LogP contribution < -0.4 is 4.74 Å². The van der Waals surface area contributed by atoms with E-state index in [1.165, 1.54) is 12.1 Å². The first-order chi connectivity index (χ1) is 10.0. The molecule has 106 valence electrons. The van der Waals surface area contributed by atoms with Crippen molar-refractivity contribution in [2.24, 2.45) is 0 Å².